The maximum atomic E-state index is 2.38. The molecule has 0 amide bonds. The minimum Gasteiger partial charge on any atom is -0.285 e. The van der Waals surface area contributed by atoms with Gasteiger partial charge in [0, 0.05) is 17.4 Å². The lowest BCUT2D eigenvalue weighted by Gasteiger charge is -2.19. The minimum atomic E-state index is 0.414. The summed E-state index contributed by atoms with van der Waals surface area (Å²) in [5, 5.41) is 0. The summed E-state index contributed by atoms with van der Waals surface area (Å²) in [4.78, 5) is 1.35. The molecule has 0 saturated carbocycles. The summed E-state index contributed by atoms with van der Waals surface area (Å²) < 4.78 is 0. The van der Waals surface area contributed by atoms with Crippen molar-refractivity contribution in [1.29, 1.82) is 0 Å². The van der Waals surface area contributed by atoms with Crippen molar-refractivity contribution in [2.24, 2.45) is 0 Å². The van der Waals surface area contributed by atoms with Crippen LogP contribution < -0.4 is 4.90 Å². The van der Waals surface area contributed by atoms with Crippen LogP contribution in [0, 0.1) is 0 Å². The third kappa shape index (κ3) is 1.67. The summed E-state index contributed by atoms with van der Waals surface area (Å²) >= 11 is 0. The first-order chi connectivity index (χ1) is 9.84. The van der Waals surface area contributed by atoms with Crippen LogP contribution in [0.5, 0.6) is 0 Å². The molecule has 0 radical (unpaired) electrons. The summed E-state index contributed by atoms with van der Waals surface area (Å²) in [5.74, 6) is 0.873. The lowest BCUT2D eigenvalue weighted by Crippen LogP contribution is -2.99. The van der Waals surface area contributed by atoms with Gasteiger partial charge in [0.05, 0.1) is 19.4 Å². The quantitative estimate of drug-likeness (QED) is 0.804. The van der Waals surface area contributed by atoms with Gasteiger partial charge in [-0.15, -0.1) is 0 Å². The zero-order valence-electron chi connectivity index (χ0n) is 11.6. The first-order valence-electron chi connectivity index (χ1n) is 7.21. The van der Waals surface area contributed by atoms with E-state index >= 15 is 0 Å². The van der Waals surface area contributed by atoms with E-state index in [2.05, 4.69) is 80.1 Å². The second-order valence-corrected chi connectivity index (χ2v) is 5.70. The van der Waals surface area contributed by atoms with Crippen molar-refractivity contribution in [2.75, 3.05) is 7.05 Å². The first kappa shape index (κ1) is 11.7. The topological polar surface area (TPSA) is 4.44 Å². The van der Waals surface area contributed by atoms with Crippen molar-refractivity contribution in [3.8, 4) is 0 Å². The summed E-state index contributed by atoms with van der Waals surface area (Å²) in [6, 6.07) is 19.8. The van der Waals surface area contributed by atoms with E-state index in [9.17, 15) is 0 Å². The average molecular weight is 260 g/mol. The molecule has 0 saturated heterocycles. The Morgan fingerprint density at radius 1 is 0.850 bits per heavy atom. The van der Waals surface area contributed by atoms with Crippen molar-refractivity contribution >= 4 is 0 Å². The third-order valence-corrected chi connectivity index (χ3v) is 4.41. The largest absolute Gasteiger partial charge is 0.285 e. The van der Waals surface area contributed by atoms with E-state index in [1.165, 1.54) is 27.2 Å². The third-order valence-electron chi connectivity index (χ3n) is 4.41. The fraction of sp³-hybridized carbons (Fsp3) is 0.158. The molecule has 1 aliphatic carbocycles. The number of hydrogen-bond donors (Lipinski definition) is 1. The summed E-state index contributed by atoms with van der Waals surface area (Å²) in [6.07, 6.45) is 6.98. The van der Waals surface area contributed by atoms with E-state index in [-0.39, 0.29) is 0 Å². The van der Waals surface area contributed by atoms with Crippen LogP contribution >= 0.6 is 0 Å². The van der Waals surface area contributed by atoms with E-state index in [1.54, 1.807) is 0 Å². The van der Waals surface area contributed by atoms with Crippen LogP contribution in [0.25, 0.3) is 0 Å². The van der Waals surface area contributed by atoms with Gasteiger partial charge < -0.3 is 0 Å². The van der Waals surface area contributed by atoms with Crippen LogP contribution in [0.1, 0.15) is 28.5 Å². The molecule has 3 atom stereocenters. The first-order valence-corrected chi connectivity index (χ1v) is 7.21. The number of nitrogens with one attached hydrogen (secondary N) is 1. The standard InChI is InChI=1S/C19H17N/c1-20-12-11-16-15-9-5-6-10-17(15)19(18(16)13-20)14-7-3-2-4-8-14/h2-13,16,19H,1H3/p+1. The Balaban J connectivity index is 1.93. The van der Waals surface area contributed by atoms with E-state index in [1.807, 2.05) is 0 Å². The highest BCUT2D eigenvalue weighted by Crippen LogP contribution is 2.49. The van der Waals surface area contributed by atoms with Gasteiger partial charge in [-0.3, -0.25) is 4.90 Å². The molecule has 4 rings (SSSR count). The van der Waals surface area contributed by atoms with Gasteiger partial charge in [0.25, 0.3) is 0 Å². The smallest absolute Gasteiger partial charge is 0.0996 e. The van der Waals surface area contributed by atoms with Crippen molar-refractivity contribution in [3.05, 3.63) is 95.3 Å². The van der Waals surface area contributed by atoms with E-state index in [0.29, 0.717) is 11.8 Å². The Morgan fingerprint density at radius 2 is 1.55 bits per heavy atom. The molecule has 20 heavy (non-hydrogen) atoms. The molecule has 3 unspecified atom stereocenters. The highest BCUT2D eigenvalue weighted by atomic mass is 15.1. The van der Waals surface area contributed by atoms with Gasteiger partial charge in [0.1, 0.15) is 0 Å². The molecule has 0 fully saturated rings. The van der Waals surface area contributed by atoms with Crippen LogP contribution in [-0.4, -0.2) is 7.05 Å². The fourth-order valence-corrected chi connectivity index (χ4v) is 3.56. The van der Waals surface area contributed by atoms with Gasteiger partial charge in [-0.2, -0.15) is 0 Å². The lowest BCUT2D eigenvalue weighted by atomic mass is 9.87. The molecule has 2 aromatic rings. The lowest BCUT2D eigenvalue weighted by molar-refractivity contribution is -0.767. The molecular weight excluding hydrogens is 242 g/mol. The number of quaternary nitrogens is 1. The SMILES string of the molecule is C[NH+]1C=CC2C(=C1)C(c1ccccc1)c1ccccc12. The number of allylic oxidation sites excluding steroid dienone is 2. The fourth-order valence-electron chi connectivity index (χ4n) is 3.56. The zero-order valence-corrected chi connectivity index (χ0v) is 11.6. The normalized spacial score (nSPS) is 26.9. The number of rotatable bonds is 1. The van der Waals surface area contributed by atoms with Crippen LogP contribution in [0.2, 0.25) is 0 Å². The molecular formula is C19H18N+. The molecule has 1 N–H and O–H groups in total. The summed E-state index contributed by atoms with van der Waals surface area (Å²) in [6.45, 7) is 0. The monoisotopic (exact) mass is 260 g/mol. The van der Waals surface area contributed by atoms with Gasteiger partial charge in [-0.05, 0) is 22.8 Å². The number of benzene rings is 2. The molecule has 0 bridgehead atoms. The molecule has 0 aromatic heterocycles. The van der Waals surface area contributed by atoms with Crippen molar-refractivity contribution in [1.82, 2.24) is 0 Å². The Bertz CT molecular complexity index is 697. The van der Waals surface area contributed by atoms with Crippen molar-refractivity contribution in [2.45, 2.75) is 11.8 Å². The molecule has 1 heterocycles. The van der Waals surface area contributed by atoms with Crippen molar-refractivity contribution < 1.29 is 4.90 Å². The van der Waals surface area contributed by atoms with Crippen LogP contribution in [0.15, 0.2) is 78.6 Å². The average Bonchev–Trinajstić information content (AvgIpc) is 2.81. The van der Waals surface area contributed by atoms with Crippen LogP contribution in [0.3, 0.4) is 0 Å². The molecule has 98 valence electrons. The van der Waals surface area contributed by atoms with E-state index in [0.717, 1.165) is 0 Å². The molecule has 0 spiro atoms. The Labute approximate surface area is 119 Å². The van der Waals surface area contributed by atoms with Crippen molar-refractivity contribution in [3.63, 3.8) is 0 Å². The predicted octanol–water partition coefficient (Wildman–Crippen LogP) is 2.84. The molecule has 1 nitrogen and oxygen atoms in total. The van der Waals surface area contributed by atoms with Gasteiger partial charge in [0.15, 0.2) is 0 Å². The molecule has 2 aliphatic rings. The highest BCUT2D eigenvalue weighted by Gasteiger charge is 2.37. The highest BCUT2D eigenvalue weighted by molar-refractivity contribution is 5.57. The number of hydrogen-bond acceptors (Lipinski definition) is 0. The van der Waals surface area contributed by atoms with Gasteiger partial charge >= 0.3 is 0 Å². The minimum absolute atomic E-state index is 0.414. The molecule has 1 aliphatic heterocycles. The van der Waals surface area contributed by atoms with Gasteiger partial charge in [0.2, 0.25) is 0 Å². The molecule has 2 aromatic carbocycles. The van der Waals surface area contributed by atoms with Gasteiger partial charge in [-0.1, -0.05) is 54.6 Å². The number of fused-ring (bicyclic) bond motifs is 3. The summed E-state index contributed by atoms with van der Waals surface area (Å²) in [7, 11) is 2.19. The van der Waals surface area contributed by atoms with E-state index < -0.39 is 0 Å². The Kier molecular flexibility index (Phi) is 2.61. The maximum Gasteiger partial charge on any atom is 0.0996 e. The second kappa shape index (κ2) is 4.46. The van der Waals surface area contributed by atoms with Gasteiger partial charge in [-0.25, -0.2) is 0 Å². The second-order valence-electron chi connectivity index (χ2n) is 5.70. The van der Waals surface area contributed by atoms with E-state index in [4.69, 9.17) is 0 Å². The Hall–Kier alpha value is -2.12. The predicted molar refractivity (Wildman–Crippen MR) is 81.6 cm³/mol. The maximum absolute atomic E-state index is 2.38. The van der Waals surface area contributed by atoms with Crippen LogP contribution in [0.4, 0.5) is 0 Å². The zero-order chi connectivity index (χ0) is 13.5. The Morgan fingerprint density at radius 3 is 2.35 bits per heavy atom. The van der Waals surface area contributed by atoms with Crippen LogP contribution in [-0.2, 0) is 0 Å². The summed E-state index contributed by atoms with van der Waals surface area (Å²) in [5.41, 5.74) is 5.86. The molecule has 1 heteroatoms.